The molecule has 1 aromatic heterocycles. The molecule has 2 amide bonds. The number of piperazine rings is 1. The van der Waals surface area contributed by atoms with E-state index in [4.69, 9.17) is 4.74 Å². The van der Waals surface area contributed by atoms with Gasteiger partial charge in [0.15, 0.2) is 0 Å². The van der Waals surface area contributed by atoms with Crippen molar-refractivity contribution >= 4 is 12.0 Å². The van der Waals surface area contributed by atoms with Crippen LogP contribution in [0.1, 0.15) is 25.0 Å². The predicted molar refractivity (Wildman–Crippen MR) is 105 cm³/mol. The molecule has 7 heteroatoms. The summed E-state index contributed by atoms with van der Waals surface area (Å²) in [6.45, 7) is 6.11. The first kappa shape index (κ1) is 19.1. The van der Waals surface area contributed by atoms with Gasteiger partial charge in [0.1, 0.15) is 0 Å². The third kappa shape index (κ3) is 5.65. The summed E-state index contributed by atoms with van der Waals surface area (Å²) in [5, 5.41) is 2.98. The van der Waals surface area contributed by atoms with Crippen LogP contribution in [-0.2, 0) is 4.74 Å². The predicted octanol–water partition coefficient (Wildman–Crippen LogP) is 2.48. The minimum atomic E-state index is -0.0141. The molecule has 0 spiro atoms. The fraction of sp³-hybridized carbons (Fsp3) is 0.450. The van der Waals surface area contributed by atoms with E-state index in [0.717, 1.165) is 25.5 Å². The van der Waals surface area contributed by atoms with Crippen LogP contribution in [0.25, 0.3) is 0 Å². The molecule has 1 aliphatic rings. The average molecular weight is 369 g/mol. The van der Waals surface area contributed by atoms with E-state index in [0.29, 0.717) is 26.2 Å². The summed E-state index contributed by atoms with van der Waals surface area (Å²) in [6, 6.07) is 11.9. The number of hydrogen-bond acceptors (Lipinski definition) is 5. The number of ether oxygens (including phenoxy) is 1. The molecule has 1 aliphatic heterocycles. The van der Waals surface area contributed by atoms with Gasteiger partial charge in [0.25, 0.3) is 0 Å². The molecule has 0 radical (unpaired) electrons. The molecule has 2 heterocycles. The second-order valence-electron chi connectivity index (χ2n) is 6.53. The summed E-state index contributed by atoms with van der Waals surface area (Å²) < 4.78 is 5.83. The highest BCUT2D eigenvalue weighted by Crippen LogP contribution is 2.15. The van der Waals surface area contributed by atoms with Crippen molar-refractivity contribution in [3.8, 4) is 0 Å². The highest BCUT2D eigenvalue weighted by atomic mass is 16.5. The Balaban J connectivity index is 1.30. The van der Waals surface area contributed by atoms with E-state index in [2.05, 4.69) is 32.3 Å². The molecule has 0 bridgehead atoms. The Morgan fingerprint density at radius 2 is 1.81 bits per heavy atom. The van der Waals surface area contributed by atoms with Crippen LogP contribution >= 0.6 is 0 Å². The Kier molecular flexibility index (Phi) is 6.98. The van der Waals surface area contributed by atoms with E-state index in [1.807, 2.05) is 30.0 Å². The van der Waals surface area contributed by atoms with Gasteiger partial charge >= 0.3 is 6.03 Å². The number of carbonyl (C=O) groups is 1. The topological polar surface area (TPSA) is 70.6 Å². The van der Waals surface area contributed by atoms with Crippen molar-refractivity contribution in [1.29, 1.82) is 0 Å². The van der Waals surface area contributed by atoms with Crippen molar-refractivity contribution in [2.75, 3.05) is 44.2 Å². The van der Waals surface area contributed by atoms with Crippen molar-refractivity contribution in [1.82, 2.24) is 20.2 Å². The van der Waals surface area contributed by atoms with Gasteiger partial charge in [-0.1, -0.05) is 30.3 Å². The Morgan fingerprint density at radius 3 is 2.52 bits per heavy atom. The Bertz CT molecular complexity index is 690. The van der Waals surface area contributed by atoms with Crippen LogP contribution in [0.5, 0.6) is 0 Å². The normalized spacial score (nSPS) is 15.4. The molecule has 27 heavy (non-hydrogen) atoms. The van der Waals surface area contributed by atoms with Crippen molar-refractivity contribution in [2.45, 2.75) is 19.4 Å². The van der Waals surface area contributed by atoms with E-state index >= 15 is 0 Å². The van der Waals surface area contributed by atoms with E-state index in [1.54, 1.807) is 18.5 Å². The zero-order chi connectivity index (χ0) is 18.9. The van der Waals surface area contributed by atoms with Crippen LogP contribution < -0.4 is 10.2 Å². The van der Waals surface area contributed by atoms with Gasteiger partial charge in [-0.25, -0.2) is 14.8 Å². The molecule has 1 saturated heterocycles. The molecule has 0 saturated carbocycles. The molecule has 0 aliphatic carbocycles. The number of hydrogen-bond donors (Lipinski definition) is 1. The minimum absolute atomic E-state index is 0.0141. The van der Waals surface area contributed by atoms with Crippen LogP contribution in [0.3, 0.4) is 0 Å². The molecule has 1 N–H and O–H groups in total. The van der Waals surface area contributed by atoms with Gasteiger partial charge < -0.3 is 19.9 Å². The lowest BCUT2D eigenvalue weighted by Gasteiger charge is -2.34. The molecular formula is C20H27N5O2. The molecule has 1 unspecified atom stereocenters. The van der Waals surface area contributed by atoms with E-state index in [-0.39, 0.29) is 12.1 Å². The summed E-state index contributed by atoms with van der Waals surface area (Å²) in [7, 11) is 0. The molecule has 1 atom stereocenters. The second-order valence-corrected chi connectivity index (χ2v) is 6.53. The summed E-state index contributed by atoms with van der Waals surface area (Å²) in [4.78, 5) is 24.7. The van der Waals surface area contributed by atoms with Gasteiger partial charge in [0.05, 0.1) is 6.10 Å². The van der Waals surface area contributed by atoms with E-state index in [9.17, 15) is 4.79 Å². The third-order valence-corrected chi connectivity index (χ3v) is 4.64. The van der Waals surface area contributed by atoms with Crippen molar-refractivity contribution < 1.29 is 9.53 Å². The highest BCUT2D eigenvalue weighted by Gasteiger charge is 2.22. The monoisotopic (exact) mass is 369 g/mol. The molecule has 1 fully saturated rings. The molecule has 144 valence electrons. The summed E-state index contributed by atoms with van der Waals surface area (Å²) in [6.07, 6.45) is 4.33. The average Bonchev–Trinajstić information content (AvgIpc) is 2.74. The summed E-state index contributed by atoms with van der Waals surface area (Å²) >= 11 is 0. The maximum atomic E-state index is 12.3. The van der Waals surface area contributed by atoms with Crippen molar-refractivity contribution in [2.24, 2.45) is 0 Å². The maximum absolute atomic E-state index is 12.3. The highest BCUT2D eigenvalue weighted by molar-refractivity contribution is 5.74. The number of aromatic nitrogens is 2. The van der Waals surface area contributed by atoms with Crippen molar-refractivity contribution in [3.05, 3.63) is 54.4 Å². The van der Waals surface area contributed by atoms with Gasteiger partial charge in [-0.2, -0.15) is 0 Å². The fourth-order valence-electron chi connectivity index (χ4n) is 3.02. The fourth-order valence-corrected chi connectivity index (χ4v) is 3.02. The zero-order valence-electron chi connectivity index (χ0n) is 15.8. The van der Waals surface area contributed by atoms with Gasteiger partial charge in [-0.15, -0.1) is 0 Å². The Hall–Kier alpha value is -2.67. The van der Waals surface area contributed by atoms with Gasteiger partial charge in [-0.3, -0.25) is 0 Å². The third-order valence-electron chi connectivity index (χ3n) is 4.64. The standard InChI is InChI=1S/C20H27N5O2/c1-17(18-7-3-2-4-8-18)27-16-6-11-23-20(26)25-14-12-24(13-15-25)19-21-9-5-10-22-19/h2-5,7-10,17H,6,11-16H2,1H3,(H,23,26). The number of anilines is 1. The lowest BCUT2D eigenvalue weighted by molar-refractivity contribution is 0.0642. The number of benzene rings is 1. The Morgan fingerprint density at radius 1 is 1.11 bits per heavy atom. The Labute approximate surface area is 160 Å². The van der Waals surface area contributed by atoms with Gasteiger partial charge in [0.2, 0.25) is 5.95 Å². The quantitative estimate of drug-likeness (QED) is 0.759. The summed E-state index contributed by atoms with van der Waals surface area (Å²) in [5.41, 5.74) is 1.17. The van der Waals surface area contributed by atoms with Crippen molar-refractivity contribution in [3.63, 3.8) is 0 Å². The number of nitrogens with one attached hydrogen (secondary N) is 1. The number of nitrogens with zero attached hydrogens (tertiary/aromatic N) is 4. The number of carbonyl (C=O) groups excluding carboxylic acids is 1. The lowest BCUT2D eigenvalue weighted by Crippen LogP contribution is -2.52. The number of urea groups is 1. The van der Waals surface area contributed by atoms with Crippen LogP contribution in [0, 0.1) is 0 Å². The molecule has 3 rings (SSSR count). The maximum Gasteiger partial charge on any atom is 0.317 e. The summed E-state index contributed by atoms with van der Waals surface area (Å²) in [5.74, 6) is 0.724. The van der Waals surface area contributed by atoms with Crippen LogP contribution in [0.2, 0.25) is 0 Å². The van der Waals surface area contributed by atoms with Gasteiger partial charge in [0, 0.05) is 51.7 Å². The SMILES string of the molecule is CC(OCCCNC(=O)N1CCN(c2ncccn2)CC1)c1ccccc1. The molecule has 7 nitrogen and oxygen atoms in total. The van der Waals surface area contributed by atoms with E-state index < -0.39 is 0 Å². The van der Waals surface area contributed by atoms with Gasteiger partial charge in [-0.05, 0) is 25.0 Å². The first-order chi connectivity index (χ1) is 13.2. The number of amides is 2. The smallest absolute Gasteiger partial charge is 0.317 e. The van der Waals surface area contributed by atoms with Crippen LogP contribution in [-0.4, -0.2) is 60.2 Å². The second kappa shape index (κ2) is 9.87. The zero-order valence-corrected chi connectivity index (χ0v) is 15.8. The van der Waals surface area contributed by atoms with Crippen LogP contribution in [0.15, 0.2) is 48.8 Å². The molecule has 1 aromatic carbocycles. The largest absolute Gasteiger partial charge is 0.374 e. The van der Waals surface area contributed by atoms with Crippen LogP contribution in [0.4, 0.5) is 10.7 Å². The molecule has 2 aromatic rings. The lowest BCUT2D eigenvalue weighted by atomic mass is 10.1. The number of rotatable bonds is 7. The molecular weight excluding hydrogens is 342 g/mol. The minimum Gasteiger partial charge on any atom is -0.374 e. The first-order valence-electron chi connectivity index (χ1n) is 9.45. The first-order valence-corrected chi connectivity index (χ1v) is 9.45. The van der Waals surface area contributed by atoms with E-state index in [1.165, 1.54) is 5.56 Å².